The molecule has 2 heterocycles. The number of piperidine rings is 1. The van der Waals surface area contributed by atoms with Crippen LogP contribution in [0.2, 0.25) is 0 Å². The molecular weight excluding hydrogens is 368 g/mol. The number of carbonyl (C=O) groups excluding carboxylic acids is 1. The highest BCUT2D eigenvalue weighted by atomic mass is 32.2. The summed E-state index contributed by atoms with van der Waals surface area (Å²) in [5.41, 5.74) is 1.77. The van der Waals surface area contributed by atoms with E-state index in [2.05, 4.69) is 12.2 Å². The minimum absolute atomic E-state index is 0.0724. The lowest BCUT2D eigenvalue weighted by molar-refractivity contribution is -0.116. The van der Waals surface area contributed by atoms with E-state index in [4.69, 9.17) is 0 Å². The number of benzene rings is 1. The van der Waals surface area contributed by atoms with Crippen LogP contribution in [0.1, 0.15) is 31.7 Å². The molecule has 0 bridgehead atoms. The predicted molar refractivity (Wildman–Crippen MR) is 105 cm³/mol. The number of carbonyl (C=O) groups is 1. The van der Waals surface area contributed by atoms with Gasteiger partial charge in [-0.25, -0.2) is 8.42 Å². The zero-order valence-electron chi connectivity index (χ0n) is 14.8. The van der Waals surface area contributed by atoms with Gasteiger partial charge >= 0.3 is 0 Å². The molecule has 0 aliphatic carbocycles. The quantitative estimate of drug-likeness (QED) is 0.814. The summed E-state index contributed by atoms with van der Waals surface area (Å²) < 4.78 is 27.0. The molecule has 3 rings (SSSR count). The van der Waals surface area contributed by atoms with Crippen molar-refractivity contribution in [3.8, 4) is 0 Å². The van der Waals surface area contributed by atoms with Gasteiger partial charge in [-0.1, -0.05) is 6.92 Å². The van der Waals surface area contributed by atoms with Crippen molar-refractivity contribution in [2.75, 3.05) is 18.4 Å². The zero-order valence-corrected chi connectivity index (χ0v) is 16.5. The Balaban J connectivity index is 1.58. The topological polar surface area (TPSA) is 66.5 Å². The second kappa shape index (κ2) is 8.33. The van der Waals surface area contributed by atoms with Crippen molar-refractivity contribution in [2.24, 2.45) is 5.92 Å². The van der Waals surface area contributed by atoms with Crippen LogP contribution < -0.4 is 5.32 Å². The van der Waals surface area contributed by atoms with Crippen LogP contribution in [0, 0.1) is 5.92 Å². The third kappa shape index (κ3) is 4.72. The molecule has 1 aliphatic heterocycles. The molecule has 0 radical (unpaired) electrons. The molecule has 26 heavy (non-hydrogen) atoms. The molecule has 1 amide bonds. The SMILES string of the molecule is CC1CCN(S(=O)(=O)c2ccc(NC(=O)CCc3ccsc3)cc2)CC1. The molecule has 0 unspecified atom stereocenters. The number of rotatable bonds is 6. The fourth-order valence-electron chi connectivity index (χ4n) is 3.00. The first-order valence-electron chi connectivity index (χ1n) is 8.86. The van der Waals surface area contributed by atoms with Gasteiger partial charge in [0.1, 0.15) is 0 Å². The highest BCUT2D eigenvalue weighted by Crippen LogP contribution is 2.24. The predicted octanol–water partition coefficient (Wildman–Crippen LogP) is 3.74. The molecule has 1 saturated heterocycles. The average molecular weight is 393 g/mol. The monoisotopic (exact) mass is 392 g/mol. The van der Waals surface area contributed by atoms with Crippen molar-refractivity contribution < 1.29 is 13.2 Å². The Morgan fingerprint density at radius 3 is 2.50 bits per heavy atom. The first-order valence-corrected chi connectivity index (χ1v) is 11.2. The van der Waals surface area contributed by atoms with Crippen molar-refractivity contribution in [3.05, 3.63) is 46.7 Å². The smallest absolute Gasteiger partial charge is 0.243 e. The second-order valence-electron chi connectivity index (χ2n) is 6.79. The standard InChI is InChI=1S/C19H24N2O3S2/c1-15-8-11-21(12-9-15)26(23,24)18-5-3-17(4-6-18)20-19(22)7-2-16-10-13-25-14-16/h3-6,10,13-15H,2,7-9,11-12H2,1H3,(H,20,22). The Kier molecular flexibility index (Phi) is 6.11. The van der Waals surface area contributed by atoms with E-state index < -0.39 is 10.0 Å². The van der Waals surface area contributed by atoms with E-state index in [0.717, 1.165) is 18.4 Å². The lowest BCUT2D eigenvalue weighted by atomic mass is 10.0. The van der Waals surface area contributed by atoms with Gasteiger partial charge in [-0.05, 0) is 71.8 Å². The summed E-state index contributed by atoms with van der Waals surface area (Å²) in [6, 6.07) is 8.46. The third-order valence-corrected chi connectivity index (χ3v) is 7.38. The van der Waals surface area contributed by atoms with Gasteiger partial charge in [0.05, 0.1) is 4.90 Å². The van der Waals surface area contributed by atoms with Crippen LogP contribution in [-0.2, 0) is 21.2 Å². The number of amides is 1. The summed E-state index contributed by atoms with van der Waals surface area (Å²) in [5, 5.41) is 6.86. The summed E-state index contributed by atoms with van der Waals surface area (Å²) >= 11 is 1.62. The van der Waals surface area contributed by atoms with Gasteiger partial charge in [-0.2, -0.15) is 15.6 Å². The van der Waals surface area contributed by atoms with E-state index >= 15 is 0 Å². The van der Waals surface area contributed by atoms with Gasteiger partial charge in [-0.3, -0.25) is 4.79 Å². The lowest BCUT2D eigenvalue weighted by Crippen LogP contribution is -2.37. The van der Waals surface area contributed by atoms with E-state index in [1.165, 1.54) is 0 Å². The molecular formula is C19H24N2O3S2. The summed E-state index contributed by atoms with van der Waals surface area (Å²) in [6.07, 6.45) is 2.91. The molecule has 1 N–H and O–H groups in total. The molecule has 1 aromatic heterocycles. The molecule has 7 heteroatoms. The van der Waals surface area contributed by atoms with Crippen molar-refractivity contribution in [1.29, 1.82) is 0 Å². The second-order valence-corrected chi connectivity index (χ2v) is 9.51. The van der Waals surface area contributed by atoms with Crippen molar-refractivity contribution in [2.45, 2.75) is 37.5 Å². The van der Waals surface area contributed by atoms with Crippen molar-refractivity contribution in [3.63, 3.8) is 0 Å². The molecule has 0 spiro atoms. The van der Waals surface area contributed by atoms with Crippen LogP contribution in [0.25, 0.3) is 0 Å². The first kappa shape index (κ1) is 19.1. The van der Waals surface area contributed by atoms with Crippen LogP contribution in [-0.4, -0.2) is 31.7 Å². The number of aryl methyl sites for hydroxylation is 1. The fraction of sp³-hybridized carbons (Fsp3) is 0.421. The van der Waals surface area contributed by atoms with E-state index in [-0.39, 0.29) is 10.8 Å². The number of sulfonamides is 1. The number of hydrogen-bond acceptors (Lipinski definition) is 4. The molecule has 0 atom stereocenters. The lowest BCUT2D eigenvalue weighted by Gasteiger charge is -2.29. The molecule has 1 aliphatic rings. The van der Waals surface area contributed by atoms with Gasteiger partial charge < -0.3 is 5.32 Å². The van der Waals surface area contributed by atoms with E-state index in [9.17, 15) is 13.2 Å². The Hall–Kier alpha value is -1.70. The van der Waals surface area contributed by atoms with Crippen molar-refractivity contribution >= 4 is 33.0 Å². The van der Waals surface area contributed by atoms with E-state index in [0.29, 0.717) is 37.5 Å². The minimum atomic E-state index is -3.45. The number of hydrogen-bond donors (Lipinski definition) is 1. The van der Waals surface area contributed by atoms with Crippen LogP contribution in [0.15, 0.2) is 46.0 Å². The van der Waals surface area contributed by atoms with Crippen LogP contribution in [0.5, 0.6) is 0 Å². The maximum atomic E-state index is 12.7. The number of thiophene rings is 1. The summed E-state index contributed by atoms with van der Waals surface area (Å²) in [6.45, 7) is 3.30. The number of anilines is 1. The zero-order chi connectivity index (χ0) is 18.6. The van der Waals surface area contributed by atoms with Crippen LogP contribution in [0.4, 0.5) is 5.69 Å². The largest absolute Gasteiger partial charge is 0.326 e. The number of nitrogens with zero attached hydrogens (tertiary/aromatic N) is 1. The van der Waals surface area contributed by atoms with Gasteiger partial charge in [0.2, 0.25) is 15.9 Å². The number of nitrogens with one attached hydrogen (secondary N) is 1. The normalized spacial score (nSPS) is 16.5. The van der Waals surface area contributed by atoms with Gasteiger partial charge in [-0.15, -0.1) is 0 Å². The highest BCUT2D eigenvalue weighted by molar-refractivity contribution is 7.89. The van der Waals surface area contributed by atoms with Crippen LogP contribution >= 0.6 is 11.3 Å². The molecule has 1 aromatic carbocycles. The molecule has 2 aromatic rings. The molecule has 1 fully saturated rings. The Bertz CT molecular complexity index is 822. The minimum Gasteiger partial charge on any atom is -0.326 e. The summed E-state index contributed by atoms with van der Waals surface area (Å²) in [5.74, 6) is 0.505. The average Bonchev–Trinajstić information content (AvgIpc) is 3.14. The summed E-state index contributed by atoms with van der Waals surface area (Å²) in [4.78, 5) is 12.3. The highest BCUT2D eigenvalue weighted by Gasteiger charge is 2.27. The van der Waals surface area contributed by atoms with Crippen LogP contribution in [0.3, 0.4) is 0 Å². The first-order chi connectivity index (χ1) is 12.4. The Morgan fingerprint density at radius 1 is 1.19 bits per heavy atom. The molecule has 140 valence electrons. The Labute approximate surface area is 159 Å². The molecule has 5 nitrogen and oxygen atoms in total. The Morgan fingerprint density at radius 2 is 1.88 bits per heavy atom. The third-order valence-electron chi connectivity index (χ3n) is 4.74. The fourth-order valence-corrected chi connectivity index (χ4v) is 5.17. The summed E-state index contributed by atoms with van der Waals surface area (Å²) in [7, 11) is -3.45. The van der Waals surface area contributed by atoms with Gasteiger partial charge in [0.15, 0.2) is 0 Å². The van der Waals surface area contributed by atoms with Gasteiger partial charge in [0.25, 0.3) is 0 Å². The maximum absolute atomic E-state index is 12.7. The van der Waals surface area contributed by atoms with Crippen molar-refractivity contribution in [1.82, 2.24) is 4.31 Å². The van der Waals surface area contributed by atoms with E-state index in [1.807, 2.05) is 16.8 Å². The molecule has 0 saturated carbocycles. The van der Waals surface area contributed by atoms with Gasteiger partial charge in [0, 0.05) is 25.2 Å². The van der Waals surface area contributed by atoms with E-state index in [1.54, 1.807) is 39.9 Å². The maximum Gasteiger partial charge on any atom is 0.243 e.